The highest BCUT2D eigenvalue weighted by Crippen LogP contribution is 2.22. The Kier molecular flexibility index (Phi) is 2.94. The molecule has 0 saturated heterocycles. The van der Waals surface area contributed by atoms with Gasteiger partial charge in [0.05, 0.1) is 0 Å². The molecule has 2 nitrogen and oxygen atoms in total. The van der Waals surface area contributed by atoms with Crippen LogP contribution in [-0.4, -0.2) is 11.1 Å². The van der Waals surface area contributed by atoms with E-state index in [9.17, 15) is 5.11 Å². The third-order valence-electron chi connectivity index (χ3n) is 2.26. The van der Waals surface area contributed by atoms with E-state index in [4.69, 9.17) is 5.73 Å². The van der Waals surface area contributed by atoms with E-state index < -0.39 is 0 Å². The molecule has 0 radical (unpaired) electrons. The SMILES string of the molecule is Cc1cc(CC(C)N)cc(O)c1C. The molecule has 0 aliphatic heterocycles. The van der Waals surface area contributed by atoms with E-state index in [2.05, 4.69) is 6.07 Å². The molecule has 13 heavy (non-hydrogen) atoms. The highest BCUT2D eigenvalue weighted by atomic mass is 16.3. The van der Waals surface area contributed by atoms with Gasteiger partial charge in [0.15, 0.2) is 0 Å². The molecule has 3 N–H and O–H groups in total. The van der Waals surface area contributed by atoms with Crippen molar-refractivity contribution in [3.8, 4) is 5.75 Å². The van der Waals surface area contributed by atoms with E-state index in [0.717, 1.165) is 23.1 Å². The van der Waals surface area contributed by atoms with Crippen molar-refractivity contribution >= 4 is 0 Å². The van der Waals surface area contributed by atoms with E-state index in [1.54, 1.807) is 6.07 Å². The lowest BCUT2D eigenvalue weighted by atomic mass is 10.0. The second-order valence-corrected chi connectivity index (χ2v) is 3.74. The second kappa shape index (κ2) is 3.79. The van der Waals surface area contributed by atoms with Crippen molar-refractivity contribution in [1.29, 1.82) is 0 Å². The first-order chi connectivity index (χ1) is 6.00. The molecule has 1 aromatic rings. The molecule has 0 aromatic heterocycles. The van der Waals surface area contributed by atoms with Crippen LogP contribution in [0.15, 0.2) is 12.1 Å². The van der Waals surface area contributed by atoms with Gasteiger partial charge in [-0.3, -0.25) is 0 Å². The number of hydrogen-bond donors (Lipinski definition) is 2. The number of aromatic hydroxyl groups is 1. The number of aryl methyl sites for hydroxylation is 1. The molecule has 0 amide bonds. The van der Waals surface area contributed by atoms with Gasteiger partial charge in [0.1, 0.15) is 5.75 Å². The van der Waals surface area contributed by atoms with Gasteiger partial charge < -0.3 is 10.8 Å². The predicted molar refractivity (Wildman–Crippen MR) is 54.9 cm³/mol. The average molecular weight is 179 g/mol. The zero-order chi connectivity index (χ0) is 10.0. The molecule has 0 heterocycles. The minimum Gasteiger partial charge on any atom is -0.508 e. The van der Waals surface area contributed by atoms with Crippen molar-refractivity contribution in [3.63, 3.8) is 0 Å². The summed E-state index contributed by atoms with van der Waals surface area (Å²) < 4.78 is 0. The zero-order valence-electron chi connectivity index (χ0n) is 8.46. The van der Waals surface area contributed by atoms with E-state index in [0.29, 0.717) is 5.75 Å². The van der Waals surface area contributed by atoms with Gasteiger partial charge in [0, 0.05) is 6.04 Å². The molecule has 1 unspecified atom stereocenters. The summed E-state index contributed by atoms with van der Waals surface area (Å²) in [6, 6.07) is 4.02. The molecule has 0 bridgehead atoms. The summed E-state index contributed by atoms with van der Waals surface area (Å²) in [6.45, 7) is 5.88. The molecule has 0 saturated carbocycles. The van der Waals surface area contributed by atoms with Crippen LogP contribution in [0, 0.1) is 13.8 Å². The lowest BCUT2D eigenvalue weighted by Gasteiger charge is -2.09. The van der Waals surface area contributed by atoms with Crippen molar-refractivity contribution in [3.05, 3.63) is 28.8 Å². The lowest BCUT2D eigenvalue weighted by molar-refractivity contribution is 0.469. The van der Waals surface area contributed by atoms with Crippen LogP contribution in [-0.2, 0) is 6.42 Å². The first-order valence-corrected chi connectivity index (χ1v) is 4.55. The third-order valence-corrected chi connectivity index (χ3v) is 2.26. The predicted octanol–water partition coefficient (Wildman–Crippen LogP) is 1.90. The van der Waals surface area contributed by atoms with Crippen LogP contribution in [0.1, 0.15) is 23.6 Å². The Balaban J connectivity index is 2.99. The van der Waals surface area contributed by atoms with Gasteiger partial charge in [-0.15, -0.1) is 0 Å². The van der Waals surface area contributed by atoms with Crippen LogP contribution < -0.4 is 5.73 Å². The Bertz CT molecular complexity index is 282. The minimum atomic E-state index is 0.140. The molecule has 1 aromatic carbocycles. The standard InChI is InChI=1S/C11H17NO/c1-7-4-10(5-8(2)12)6-11(13)9(7)3/h4,6,8,13H,5,12H2,1-3H3. The van der Waals surface area contributed by atoms with Crippen molar-refractivity contribution in [2.24, 2.45) is 5.73 Å². The number of benzene rings is 1. The molecule has 0 aliphatic rings. The van der Waals surface area contributed by atoms with Gasteiger partial charge in [-0.05, 0) is 49.9 Å². The smallest absolute Gasteiger partial charge is 0.119 e. The van der Waals surface area contributed by atoms with E-state index in [1.165, 1.54) is 0 Å². The summed E-state index contributed by atoms with van der Waals surface area (Å²) in [6.07, 6.45) is 0.814. The van der Waals surface area contributed by atoms with Crippen LogP contribution in [0.4, 0.5) is 0 Å². The first kappa shape index (κ1) is 10.1. The van der Waals surface area contributed by atoms with E-state index >= 15 is 0 Å². The van der Waals surface area contributed by atoms with Gasteiger partial charge in [-0.2, -0.15) is 0 Å². The van der Waals surface area contributed by atoms with Gasteiger partial charge in [0.25, 0.3) is 0 Å². The molecule has 0 fully saturated rings. The Labute approximate surface area is 79.4 Å². The van der Waals surface area contributed by atoms with Crippen LogP contribution in [0.5, 0.6) is 5.75 Å². The monoisotopic (exact) mass is 179 g/mol. The fourth-order valence-electron chi connectivity index (χ4n) is 1.40. The Morgan fingerprint density at radius 1 is 1.38 bits per heavy atom. The van der Waals surface area contributed by atoms with Crippen LogP contribution >= 0.6 is 0 Å². The number of phenols is 1. The summed E-state index contributed by atoms with van der Waals surface area (Å²) in [5.74, 6) is 0.371. The van der Waals surface area contributed by atoms with Crippen LogP contribution in [0.25, 0.3) is 0 Å². The maximum atomic E-state index is 9.55. The van der Waals surface area contributed by atoms with Gasteiger partial charge in [-0.25, -0.2) is 0 Å². The first-order valence-electron chi connectivity index (χ1n) is 4.55. The van der Waals surface area contributed by atoms with Gasteiger partial charge in [-0.1, -0.05) is 6.07 Å². The van der Waals surface area contributed by atoms with Crippen molar-refractivity contribution in [2.75, 3.05) is 0 Å². The molecule has 72 valence electrons. The van der Waals surface area contributed by atoms with Crippen LogP contribution in [0.2, 0.25) is 0 Å². The fraction of sp³-hybridized carbons (Fsp3) is 0.455. The van der Waals surface area contributed by atoms with E-state index in [1.807, 2.05) is 20.8 Å². The molecule has 2 heteroatoms. The summed E-state index contributed by atoms with van der Waals surface area (Å²) >= 11 is 0. The zero-order valence-corrected chi connectivity index (χ0v) is 8.46. The quantitative estimate of drug-likeness (QED) is 0.728. The fourth-order valence-corrected chi connectivity index (χ4v) is 1.40. The Morgan fingerprint density at radius 2 is 2.00 bits per heavy atom. The maximum Gasteiger partial charge on any atom is 0.119 e. The van der Waals surface area contributed by atoms with Gasteiger partial charge >= 0.3 is 0 Å². The van der Waals surface area contributed by atoms with Gasteiger partial charge in [0.2, 0.25) is 0 Å². The summed E-state index contributed by atoms with van der Waals surface area (Å²) in [5, 5.41) is 9.55. The van der Waals surface area contributed by atoms with E-state index in [-0.39, 0.29) is 6.04 Å². The number of phenolic OH excluding ortho intramolecular Hbond substituents is 1. The van der Waals surface area contributed by atoms with Crippen molar-refractivity contribution < 1.29 is 5.11 Å². The summed E-state index contributed by atoms with van der Waals surface area (Å²) in [4.78, 5) is 0. The molecule has 0 aliphatic carbocycles. The third kappa shape index (κ3) is 2.46. The summed E-state index contributed by atoms with van der Waals surface area (Å²) in [5.41, 5.74) is 8.86. The maximum absolute atomic E-state index is 9.55. The molecular weight excluding hydrogens is 162 g/mol. The highest BCUT2D eigenvalue weighted by Gasteiger charge is 2.04. The molecule has 1 atom stereocenters. The number of nitrogens with two attached hydrogens (primary N) is 1. The average Bonchev–Trinajstić information content (AvgIpc) is 1.98. The normalized spacial score (nSPS) is 12.9. The minimum absolute atomic E-state index is 0.140. The number of hydrogen-bond acceptors (Lipinski definition) is 2. The summed E-state index contributed by atoms with van der Waals surface area (Å²) in [7, 11) is 0. The Morgan fingerprint density at radius 3 is 2.46 bits per heavy atom. The largest absolute Gasteiger partial charge is 0.508 e. The van der Waals surface area contributed by atoms with Crippen molar-refractivity contribution in [1.82, 2.24) is 0 Å². The molecule has 0 spiro atoms. The molecular formula is C11H17NO. The second-order valence-electron chi connectivity index (χ2n) is 3.74. The number of rotatable bonds is 2. The Hall–Kier alpha value is -1.02. The van der Waals surface area contributed by atoms with Crippen molar-refractivity contribution in [2.45, 2.75) is 33.2 Å². The lowest BCUT2D eigenvalue weighted by Crippen LogP contribution is -2.17. The highest BCUT2D eigenvalue weighted by molar-refractivity contribution is 5.41. The molecule has 1 rings (SSSR count). The topological polar surface area (TPSA) is 46.2 Å². The van der Waals surface area contributed by atoms with Crippen LogP contribution in [0.3, 0.4) is 0 Å².